The van der Waals surface area contributed by atoms with Gasteiger partial charge in [-0.3, -0.25) is 0 Å². The maximum Gasteiger partial charge on any atom is 0.109 e. The number of anilines is 1. The summed E-state index contributed by atoms with van der Waals surface area (Å²) in [4.78, 5) is 15.4. The van der Waals surface area contributed by atoms with Crippen molar-refractivity contribution in [3.63, 3.8) is 0 Å². The highest BCUT2D eigenvalue weighted by molar-refractivity contribution is 6.34. The van der Waals surface area contributed by atoms with Crippen molar-refractivity contribution in [1.82, 2.24) is 4.90 Å². The first-order valence-electron chi connectivity index (χ1n) is 9.74. The second-order valence-electron chi connectivity index (χ2n) is 6.87. The average molecular weight is 389 g/mol. The molecule has 5 heteroatoms. The van der Waals surface area contributed by atoms with E-state index >= 15 is 0 Å². The van der Waals surface area contributed by atoms with Crippen LogP contribution >= 0.6 is 11.6 Å². The number of hydrogen-bond donors (Lipinski definition) is 0. The Balaban J connectivity index is 1.97. The molecule has 0 N–H and O–H groups in total. The maximum absolute atomic E-state index is 6.79. The van der Waals surface area contributed by atoms with Gasteiger partial charge in [-0.1, -0.05) is 42.8 Å². The summed E-state index contributed by atoms with van der Waals surface area (Å²) < 4.78 is 0. The summed E-state index contributed by atoms with van der Waals surface area (Å²) in [6.07, 6.45) is 0. The van der Waals surface area contributed by atoms with Gasteiger partial charge in [0, 0.05) is 43.0 Å². The molecule has 0 amide bonds. The minimum atomic E-state index is 0.342. The molecule has 0 atom stereocenters. The Bertz CT molecular complexity index is 758. The number of rotatable bonds is 7. The van der Waals surface area contributed by atoms with Gasteiger partial charge in [-0.05, 0) is 43.7 Å². The number of likely N-dealkylation sites (N-methyl/N-ethyl adjacent to an activating group) is 1. The molecule has 4 nitrogen and oxygen atoms in total. The van der Waals surface area contributed by atoms with Crippen molar-refractivity contribution in [1.29, 1.82) is 0 Å². The van der Waals surface area contributed by atoms with Gasteiger partial charge in [0.15, 0.2) is 0 Å². The molecule has 0 radical (unpaired) electrons. The van der Waals surface area contributed by atoms with Gasteiger partial charge in [-0.15, -0.1) is 0 Å². The van der Waals surface area contributed by atoms with E-state index in [0.29, 0.717) is 13.2 Å². The molecule has 1 aliphatic rings. The zero-order valence-corrected chi connectivity index (χ0v) is 17.3. The highest BCUT2D eigenvalue weighted by atomic mass is 35.5. The van der Waals surface area contributed by atoms with E-state index in [1.165, 1.54) is 11.3 Å². The zero-order chi connectivity index (χ0) is 19.2. The first-order chi connectivity index (χ1) is 13.1. The van der Waals surface area contributed by atoms with Gasteiger partial charge < -0.3 is 9.80 Å². The van der Waals surface area contributed by atoms with Crippen LogP contribution in [0.3, 0.4) is 0 Å². The normalized spacial score (nSPS) is 15.3. The minimum Gasteiger partial charge on any atom is -0.369 e. The molecule has 1 aliphatic heterocycles. The van der Waals surface area contributed by atoms with Crippen molar-refractivity contribution in [3.8, 4) is 11.1 Å². The molecule has 1 heterocycles. The topological polar surface area (TPSA) is 24.9 Å². The van der Waals surface area contributed by atoms with Crippen LogP contribution in [0, 0.1) is 6.92 Å². The van der Waals surface area contributed by atoms with Gasteiger partial charge in [0.25, 0.3) is 0 Å². The lowest BCUT2D eigenvalue weighted by Gasteiger charge is -2.36. The molecule has 0 aliphatic carbocycles. The molecule has 0 unspecified atom stereocenters. The van der Waals surface area contributed by atoms with E-state index < -0.39 is 0 Å². The fourth-order valence-corrected chi connectivity index (χ4v) is 3.80. The molecule has 1 saturated heterocycles. The number of hydrogen-bond acceptors (Lipinski definition) is 4. The zero-order valence-electron chi connectivity index (χ0n) is 16.5. The summed E-state index contributed by atoms with van der Waals surface area (Å²) >= 11 is 6.79. The highest BCUT2D eigenvalue weighted by Crippen LogP contribution is 2.37. The predicted octanol–water partition coefficient (Wildman–Crippen LogP) is 4.93. The van der Waals surface area contributed by atoms with Crippen LogP contribution in [0.2, 0.25) is 5.02 Å². The monoisotopic (exact) mass is 388 g/mol. The Kier molecular flexibility index (Phi) is 7.13. The third kappa shape index (κ3) is 4.82. The van der Waals surface area contributed by atoms with Crippen molar-refractivity contribution in [2.45, 2.75) is 27.4 Å². The Hall–Kier alpha value is -1.59. The SMILES string of the molecule is CCOOCc1cc(N2CCN(CC)CC2)cc(-c2ccccc2C)c1Cl. The standard InChI is InChI=1S/C22H29ClN2O2/c1-4-24-10-12-25(13-11-24)19-14-18(16-27-26-5-2)22(23)21(15-19)20-9-7-6-8-17(20)3/h6-9,14-15H,4-5,10-13,16H2,1-3H3. The van der Waals surface area contributed by atoms with Crippen molar-refractivity contribution >= 4 is 17.3 Å². The molecule has 0 spiro atoms. The molecule has 27 heavy (non-hydrogen) atoms. The van der Waals surface area contributed by atoms with Crippen molar-refractivity contribution in [2.75, 3.05) is 44.2 Å². The van der Waals surface area contributed by atoms with Crippen LogP contribution in [0.15, 0.2) is 36.4 Å². The Morgan fingerprint density at radius 2 is 1.70 bits per heavy atom. The first kappa shape index (κ1) is 20.2. The van der Waals surface area contributed by atoms with Gasteiger partial charge in [-0.25, -0.2) is 9.78 Å². The summed E-state index contributed by atoms with van der Waals surface area (Å²) in [6.45, 7) is 12.4. The summed E-state index contributed by atoms with van der Waals surface area (Å²) in [6, 6.07) is 12.7. The van der Waals surface area contributed by atoms with E-state index in [1.54, 1.807) is 0 Å². The number of benzene rings is 2. The Labute approximate surface area is 167 Å². The summed E-state index contributed by atoms with van der Waals surface area (Å²) in [5, 5.41) is 0.736. The van der Waals surface area contributed by atoms with Crippen LogP contribution in [0.25, 0.3) is 11.1 Å². The quantitative estimate of drug-likeness (QED) is 0.381. The smallest absolute Gasteiger partial charge is 0.109 e. The Morgan fingerprint density at radius 3 is 2.37 bits per heavy atom. The number of nitrogens with zero attached hydrogens (tertiary/aromatic N) is 2. The molecule has 146 valence electrons. The number of aryl methyl sites for hydroxylation is 1. The lowest BCUT2D eigenvalue weighted by molar-refractivity contribution is -0.300. The molecule has 0 saturated carbocycles. The lowest BCUT2D eigenvalue weighted by atomic mass is 9.97. The van der Waals surface area contributed by atoms with Crippen LogP contribution in [0.4, 0.5) is 5.69 Å². The van der Waals surface area contributed by atoms with E-state index in [2.05, 4.69) is 60.0 Å². The van der Waals surface area contributed by atoms with E-state index in [4.69, 9.17) is 21.4 Å². The highest BCUT2D eigenvalue weighted by Gasteiger charge is 2.20. The van der Waals surface area contributed by atoms with Gasteiger partial charge in [0.05, 0.1) is 11.6 Å². The first-order valence-corrected chi connectivity index (χ1v) is 10.1. The van der Waals surface area contributed by atoms with E-state index in [9.17, 15) is 0 Å². The second kappa shape index (κ2) is 9.56. The second-order valence-corrected chi connectivity index (χ2v) is 7.25. The van der Waals surface area contributed by atoms with E-state index in [-0.39, 0.29) is 0 Å². The van der Waals surface area contributed by atoms with Crippen molar-refractivity contribution in [2.24, 2.45) is 0 Å². The minimum absolute atomic E-state index is 0.342. The fraction of sp³-hybridized carbons (Fsp3) is 0.455. The third-order valence-corrected chi connectivity index (χ3v) is 5.61. The fourth-order valence-electron chi connectivity index (χ4n) is 3.54. The molecular formula is C22H29ClN2O2. The molecule has 2 aromatic carbocycles. The number of piperazine rings is 1. The van der Waals surface area contributed by atoms with E-state index in [1.807, 2.05) is 6.92 Å². The molecule has 3 rings (SSSR count). The van der Waals surface area contributed by atoms with Gasteiger partial charge in [0.2, 0.25) is 0 Å². The molecule has 1 fully saturated rings. The van der Waals surface area contributed by atoms with E-state index in [0.717, 1.165) is 54.4 Å². The largest absolute Gasteiger partial charge is 0.369 e. The maximum atomic E-state index is 6.79. The average Bonchev–Trinajstić information content (AvgIpc) is 2.70. The summed E-state index contributed by atoms with van der Waals surface area (Å²) in [5.41, 5.74) is 5.58. The van der Waals surface area contributed by atoms with Crippen molar-refractivity contribution < 1.29 is 9.78 Å². The predicted molar refractivity (Wildman–Crippen MR) is 112 cm³/mol. The van der Waals surface area contributed by atoms with Crippen LogP contribution in [-0.2, 0) is 16.4 Å². The van der Waals surface area contributed by atoms with Gasteiger partial charge >= 0.3 is 0 Å². The molecule has 2 aromatic rings. The van der Waals surface area contributed by atoms with Crippen LogP contribution < -0.4 is 4.90 Å². The summed E-state index contributed by atoms with van der Waals surface area (Å²) in [7, 11) is 0. The molecular weight excluding hydrogens is 360 g/mol. The van der Waals surface area contributed by atoms with Crippen LogP contribution in [0.5, 0.6) is 0 Å². The third-order valence-electron chi connectivity index (χ3n) is 5.17. The number of halogens is 1. The lowest BCUT2D eigenvalue weighted by Crippen LogP contribution is -2.46. The van der Waals surface area contributed by atoms with Crippen LogP contribution in [-0.4, -0.2) is 44.2 Å². The van der Waals surface area contributed by atoms with Crippen LogP contribution in [0.1, 0.15) is 25.0 Å². The molecule has 0 aromatic heterocycles. The molecule has 0 bridgehead atoms. The van der Waals surface area contributed by atoms with Crippen molar-refractivity contribution in [3.05, 3.63) is 52.5 Å². The van der Waals surface area contributed by atoms with Gasteiger partial charge in [0.1, 0.15) is 6.61 Å². The summed E-state index contributed by atoms with van der Waals surface area (Å²) in [5.74, 6) is 0. The van der Waals surface area contributed by atoms with Gasteiger partial charge in [-0.2, -0.15) is 0 Å². The Morgan fingerprint density at radius 1 is 0.963 bits per heavy atom.